The minimum Gasteiger partial charge on any atom is -0.493 e. The quantitative estimate of drug-likeness (QED) is 0.188. The maximum Gasteiger partial charge on any atom is 0.271 e. The van der Waals surface area contributed by atoms with Crippen molar-refractivity contribution in [2.45, 2.75) is 57.8 Å². The van der Waals surface area contributed by atoms with Crippen LogP contribution in [-0.2, 0) is 33.8 Å². The number of nitrogens with zero attached hydrogens (tertiary/aromatic N) is 6. The molecule has 2 aromatic carbocycles. The lowest BCUT2D eigenvalue weighted by atomic mass is 10.00. The predicted octanol–water partition coefficient (Wildman–Crippen LogP) is 2.42. The van der Waals surface area contributed by atoms with E-state index >= 15 is 0 Å². The molecular formula is C38H42N10O7S. The van der Waals surface area contributed by atoms with E-state index < -0.39 is 35.3 Å². The van der Waals surface area contributed by atoms with Gasteiger partial charge < -0.3 is 35.5 Å². The van der Waals surface area contributed by atoms with E-state index in [9.17, 15) is 19.2 Å². The number of nitrogens with one attached hydrogen (secondary N) is 4. The Labute approximate surface area is 326 Å². The molecule has 0 saturated carbocycles. The van der Waals surface area contributed by atoms with Gasteiger partial charge in [-0.3, -0.25) is 19.2 Å². The van der Waals surface area contributed by atoms with Gasteiger partial charge in [0.2, 0.25) is 17.7 Å². The lowest BCUT2D eigenvalue weighted by molar-refractivity contribution is -0.133. The third-order valence-corrected chi connectivity index (χ3v) is 9.60. The van der Waals surface area contributed by atoms with Gasteiger partial charge in [-0.05, 0) is 62.2 Å². The van der Waals surface area contributed by atoms with Crippen molar-refractivity contribution in [1.29, 1.82) is 0 Å². The van der Waals surface area contributed by atoms with Gasteiger partial charge in [0.1, 0.15) is 42.0 Å². The Kier molecular flexibility index (Phi) is 12.2. The molecule has 7 rings (SSSR count). The number of hydrogen-bond acceptors (Lipinski definition) is 13. The van der Waals surface area contributed by atoms with E-state index in [0.29, 0.717) is 46.2 Å². The highest BCUT2D eigenvalue weighted by Crippen LogP contribution is 2.28. The summed E-state index contributed by atoms with van der Waals surface area (Å²) >= 11 is 1.20. The van der Waals surface area contributed by atoms with Crippen molar-refractivity contribution in [3.05, 3.63) is 94.8 Å². The molecule has 0 spiro atoms. The summed E-state index contributed by atoms with van der Waals surface area (Å²) in [6.45, 7) is 5.04. The number of fused-ring (bicyclic) bond motifs is 14. The molecule has 0 aliphatic carbocycles. The largest absolute Gasteiger partial charge is 0.493 e. The van der Waals surface area contributed by atoms with Crippen molar-refractivity contribution in [1.82, 2.24) is 51.0 Å². The van der Waals surface area contributed by atoms with Crippen molar-refractivity contribution in [2.24, 2.45) is 0 Å². The van der Waals surface area contributed by atoms with Crippen LogP contribution in [0.4, 0.5) is 0 Å². The van der Waals surface area contributed by atoms with E-state index in [1.165, 1.54) is 16.0 Å². The zero-order valence-electron chi connectivity index (χ0n) is 31.5. The summed E-state index contributed by atoms with van der Waals surface area (Å²) in [6, 6.07) is 12.3. The fraction of sp³-hybridized carbons (Fsp3) is 0.342. The molecule has 5 aromatic rings. The molecule has 4 amide bonds. The highest BCUT2D eigenvalue weighted by molar-refractivity contribution is 7.13. The van der Waals surface area contributed by atoms with E-state index in [0.717, 1.165) is 11.1 Å². The second kappa shape index (κ2) is 17.4. The number of ether oxygens (including phenoxy) is 3. The monoisotopic (exact) mass is 782 g/mol. The zero-order chi connectivity index (χ0) is 39.8. The molecule has 4 N–H and O–H groups in total. The molecular weight excluding hydrogens is 741 g/mol. The lowest BCUT2D eigenvalue weighted by Crippen LogP contribution is -2.59. The number of hydrogen-bond donors (Lipinski definition) is 4. The molecule has 3 aromatic heterocycles. The van der Waals surface area contributed by atoms with E-state index in [1.54, 1.807) is 89.2 Å². The molecule has 2 bridgehead atoms. The highest BCUT2D eigenvalue weighted by atomic mass is 32.1. The Morgan fingerprint density at radius 1 is 1.04 bits per heavy atom. The molecule has 56 heavy (non-hydrogen) atoms. The summed E-state index contributed by atoms with van der Waals surface area (Å²) in [7, 11) is 3.10. The minimum absolute atomic E-state index is 0.0900. The summed E-state index contributed by atoms with van der Waals surface area (Å²) in [6.07, 6.45) is 3.55. The molecule has 0 radical (unpaired) electrons. The Hall–Kier alpha value is -6.43. The topological polar surface area (TPSA) is 213 Å². The van der Waals surface area contributed by atoms with Crippen LogP contribution in [0.5, 0.6) is 17.2 Å². The smallest absolute Gasteiger partial charge is 0.271 e. The highest BCUT2D eigenvalue weighted by Gasteiger charge is 2.35. The number of amides is 4. The molecule has 18 heteroatoms. The maximum absolute atomic E-state index is 14.0. The van der Waals surface area contributed by atoms with Gasteiger partial charge in [-0.15, -0.1) is 11.3 Å². The Morgan fingerprint density at radius 3 is 2.52 bits per heavy atom. The van der Waals surface area contributed by atoms with Crippen LogP contribution in [0.2, 0.25) is 0 Å². The first-order chi connectivity index (χ1) is 26.9. The molecule has 2 atom stereocenters. The van der Waals surface area contributed by atoms with Crippen molar-refractivity contribution < 1.29 is 33.4 Å². The van der Waals surface area contributed by atoms with E-state index in [2.05, 4.69) is 41.3 Å². The number of benzene rings is 2. The van der Waals surface area contributed by atoms with Gasteiger partial charge in [-0.2, -0.15) is 5.10 Å². The minimum atomic E-state index is -1.46. The van der Waals surface area contributed by atoms with Crippen molar-refractivity contribution in [3.63, 3.8) is 0 Å². The van der Waals surface area contributed by atoms with E-state index in [4.69, 9.17) is 19.2 Å². The van der Waals surface area contributed by atoms with Crippen molar-refractivity contribution >= 4 is 35.0 Å². The van der Waals surface area contributed by atoms with Crippen LogP contribution in [0.3, 0.4) is 0 Å². The van der Waals surface area contributed by atoms with Gasteiger partial charge in [0.05, 0.1) is 26.8 Å². The van der Waals surface area contributed by atoms with Gasteiger partial charge in [0, 0.05) is 30.6 Å². The summed E-state index contributed by atoms with van der Waals surface area (Å²) < 4.78 is 18.1. The predicted molar refractivity (Wildman–Crippen MR) is 204 cm³/mol. The van der Waals surface area contributed by atoms with Gasteiger partial charge in [-0.1, -0.05) is 18.2 Å². The fourth-order valence-corrected chi connectivity index (χ4v) is 6.57. The van der Waals surface area contributed by atoms with E-state index in [1.807, 2.05) is 12.1 Å². The lowest BCUT2D eigenvalue weighted by Gasteiger charge is -2.29. The average molecular weight is 783 g/mol. The third kappa shape index (κ3) is 9.62. The number of methoxy groups -OCH3 is 2. The number of thiazole rings is 1. The van der Waals surface area contributed by atoms with Crippen LogP contribution < -0.4 is 35.5 Å². The first kappa shape index (κ1) is 39.3. The standard InChI is InChI=1S/C38H42N10O7S/c1-22-33-45-30(19-24-9-12-28(53-4)29(18-24)54-5)47-48(33)20-31(49)39-15-16-55-25-10-7-23(8-11-25)17-26(35(51)46-38(2,3)37(52)42-22)43-34(50)27-21-56-36(44-27)32-40-13-6-14-41-32/h6-14,18,21-22,26H,15-17,19-20H2,1-5H3,(H,39,49)(H,42,52)(H,43,50)(H,46,51)/t22-,26+/m1/s1. The Bertz CT molecular complexity index is 2190. The molecule has 17 nitrogen and oxygen atoms in total. The first-order valence-electron chi connectivity index (χ1n) is 17.7. The zero-order valence-corrected chi connectivity index (χ0v) is 32.3. The van der Waals surface area contributed by atoms with Crippen molar-refractivity contribution in [2.75, 3.05) is 27.4 Å². The second-order valence-corrected chi connectivity index (χ2v) is 14.3. The van der Waals surface area contributed by atoms with Crippen molar-refractivity contribution in [3.8, 4) is 28.1 Å². The van der Waals surface area contributed by atoms with Gasteiger partial charge in [0.15, 0.2) is 28.2 Å². The Morgan fingerprint density at radius 2 is 1.79 bits per heavy atom. The van der Waals surface area contributed by atoms with Gasteiger partial charge >= 0.3 is 0 Å². The van der Waals surface area contributed by atoms with Crippen LogP contribution in [0.25, 0.3) is 10.8 Å². The SMILES string of the molecule is COc1ccc(Cc2nc3n(n2)CC(=O)NCCOc2ccc(cc2)C[C@H](NC(=O)c2csc(-c4ncccn4)n2)C(=O)NC(C)(C)C(=O)N[C@@H]3C)cc1OC. The number of aromatic nitrogens is 6. The van der Waals surface area contributed by atoms with Crippen LogP contribution in [-0.4, -0.2) is 92.3 Å². The van der Waals surface area contributed by atoms with Gasteiger partial charge in [0.25, 0.3) is 5.91 Å². The summed E-state index contributed by atoms with van der Waals surface area (Å²) in [5.74, 6) is 0.711. The number of rotatable bonds is 7. The van der Waals surface area contributed by atoms with Crippen LogP contribution in [0.15, 0.2) is 66.3 Å². The fourth-order valence-electron chi connectivity index (χ4n) is 5.82. The summed E-state index contributed by atoms with van der Waals surface area (Å²) in [5, 5.41) is 18.0. The molecule has 5 heterocycles. The third-order valence-electron chi connectivity index (χ3n) is 8.76. The van der Waals surface area contributed by atoms with Gasteiger partial charge in [-0.25, -0.2) is 24.6 Å². The summed E-state index contributed by atoms with van der Waals surface area (Å²) in [5.41, 5.74) is 0.181. The molecule has 2 aliphatic rings. The number of carbonyl (C=O) groups excluding carboxylic acids is 4. The Balaban J connectivity index is 1.25. The second-order valence-electron chi connectivity index (χ2n) is 13.4. The average Bonchev–Trinajstić information content (AvgIpc) is 3.84. The van der Waals surface area contributed by atoms with E-state index in [-0.39, 0.29) is 37.7 Å². The normalized spacial score (nSPS) is 17.7. The first-order valence-corrected chi connectivity index (χ1v) is 18.6. The van der Waals surface area contributed by atoms with Crippen LogP contribution in [0, 0.1) is 0 Å². The summed E-state index contributed by atoms with van der Waals surface area (Å²) in [4.78, 5) is 71.9. The molecule has 0 unspecified atom stereocenters. The van der Waals surface area contributed by atoms with Crippen LogP contribution in [0.1, 0.15) is 60.1 Å². The number of carbonyl (C=O) groups is 4. The molecule has 0 fully saturated rings. The van der Waals surface area contributed by atoms with Crippen LogP contribution >= 0.6 is 11.3 Å². The molecule has 0 saturated heterocycles. The maximum atomic E-state index is 14.0. The molecule has 2 aliphatic heterocycles. The molecule has 292 valence electrons.